The van der Waals surface area contributed by atoms with Crippen LogP contribution in [-0.2, 0) is 6.54 Å². The fourth-order valence-corrected chi connectivity index (χ4v) is 1.82. The van der Waals surface area contributed by atoms with Crippen molar-refractivity contribution in [1.29, 1.82) is 5.26 Å². The lowest BCUT2D eigenvalue weighted by molar-refractivity contribution is 0.810. The van der Waals surface area contributed by atoms with Crippen molar-refractivity contribution in [3.63, 3.8) is 0 Å². The first-order valence-corrected chi connectivity index (χ1v) is 5.98. The van der Waals surface area contributed by atoms with Crippen molar-refractivity contribution in [1.82, 2.24) is 4.98 Å². The van der Waals surface area contributed by atoms with Crippen molar-refractivity contribution in [2.24, 2.45) is 0 Å². The standard InChI is InChI=1S/C15H15N3/c1-2-18(12-14-5-3-4-10-17-14)15-8-6-13(11-16)7-9-15/h3-10H,2,12H2,1H3. The number of benzene rings is 1. The van der Waals surface area contributed by atoms with Crippen LogP contribution in [0.25, 0.3) is 0 Å². The number of pyridine rings is 1. The van der Waals surface area contributed by atoms with Crippen LogP contribution >= 0.6 is 0 Å². The molecule has 1 aromatic heterocycles. The van der Waals surface area contributed by atoms with Crippen LogP contribution in [-0.4, -0.2) is 11.5 Å². The average molecular weight is 237 g/mol. The van der Waals surface area contributed by atoms with Crippen molar-refractivity contribution in [3.05, 3.63) is 59.9 Å². The molecule has 0 aliphatic carbocycles. The van der Waals surface area contributed by atoms with Gasteiger partial charge in [-0.25, -0.2) is 0 Å². The number of hydrogen-bond donors (Lipinski definition) is 0. The quantitative estimate of drug-likeness (QED) is 0.820. The van der Waals surface area contributed by atoms with Crippen molar-refractivity contribution in [3.8, 4) is 6.07 Å². The van der Waals surface area contributed by atoms with Crippen molar-refractivity contribution < 1.29 is 0 Å². The van der Waals surface area contributed by atoms with Gasteiger partial charge >= 0.3 is 0 Å². The second-order valence-corrected chi connectivity index (χ2v) is 3.99. The lowest BCUT2D eigenvalue weighted by Gasteiger charge is -2.22. The Bertz CT molecular complexity index is 526. The summed E-state index contributed by atoms with van der Waals surface area (Å²) in [6, 6.07) is 15.7. The zero-order valence-corrected chi connectivity index (χ0v) is 10.4. The minimum Gasteiger partial charge on any atom is -0.366 e. The number of aromatic nitrogens is 1. The van der Waals surface area contributed by atoms with E-state index >= 15 is 0 Å². The van der Waals surface area contributed by atoms with E-state index in [1.54, 1.807) is 0 Å². The van der Waals surface area contributed by atoms with Gasteiger partial charge in [0.15, 0.2) is 0 Å². The van der Waals surface area contributed by atoms with Gasteiger partial charge in [0.2, 0.25) is 0 Å². The van der Waals surface area contributed by atoms with E-state index in [1.165, 1.54) is 0 Å². The molecule has 0 radical (unpaired) electrons. The Morgan fingerprint density at radius 3 is 2.50 bits per heavy atom. The highest BCUT2D eigenvalue weighted by Gasteiger charge is 2.05. The highest BCUT2D eigenvalue weighted by Crippen LogP contribution is 2.16. The molecule has 0 saturated heterocycles. The van der Waals surface area contributed by atoms with Crippen LogP contribution in [0, 0.1) is 11.3 Å². The first kappa shape index (κ1) is 12.1. The number of anilines is 1. The molecule has 0 spiro atoms. The predicted octanol–water partition coefficient (Wildman–Crippen LogP) is 2.98. The Kier molecular flexibility index (Phi) is 3.93. The molecule has 0 atom stereocenters. The Morgan fingerprint density at radius 1 is 1.17 bits per heavy atom. The maximum Gasteiger partial charge on any atom is 0.0991 e. The molecule has 0 unspecified atom stereocenters. The molecule has 3 heteroatoms. The summed E-state index contributed by atoms with van der Waals surface area (Å²) in [6.45, 7) is 3.80. The van der Waals surface area contributed by atoms with Gasteiger partial charge in [-0.1, -0.05) is 6.07 Å². The Balaban J connectivity index is 2.15. The largest absolute Gasteiger partial charge is 0.366 e. The third-order valence-electron chi connectivity index (χ3n) is 2.82. The lowest BCUT2D eigenvalue weighted by atomic mass is 10.2. The second kappa shape index (κ2) is 5.83. The Hall–Kier alpha value is -2.34. The molecule has 0 aliphatic heterocycles. The summed E-state index contributed by atoms with van der Waals surface area (Å²) in [5.41, 5.74) is 2.85. The third kappa shape index (κ3) is 2.86. The Labute approximate surface area is 107 Å². The van der Waals surface area contributed by atoms with Gasteiger partial charge in [0, 0.05) is 18.4 Å². The summed E-state index contributed by atoms with van der Waals surface area (Å²) < 4.78 is 0. The van der Waals surface area contributed by atoms with Crippen LogP contribution in [0.1, 0.15) is 18.2 Å². The molecule has 2 aromatic rings. The third-order valence-corrected chi connectivity index (χ3v) is 2.82. The summed E-state index contributed by atoms with van der Waals surface area (Å²) >= 11 is 0. The molecule has 0 aliphatic rings. The predicted molar refractivity (Wildman–Crippen MR) is 72.1 cm³/mol. The van der Waals surface area contributed by atoms with Crippen molar-refractivity contribution in [2.45, 2.75) is 13.5 Å². The zero-order chi connectivity index (χ0) is 12.8. The minimum absolute atomic E-state index is 0.688. The molecule has 0 N–H and O–H groups in total. The maximum absolute atomic E-state index is 8.79. The molecule has 1 aromatic carbocycles. The van der Waals surface area contributed by atoms with Crippen molar-refractivity contribution >= 4 is 5.69 Å². The van der Waals surface area contributed by atoms with E-state index in [1.807, 2.05) is 48.7 Å². The maximum atomic E-state index is 8.79. The monoisotopic (exact) mass is 237 g/mol. The topological polar surface area (TPSA) is 39.9 Å². The molecule has 1 heterocycles. The van der Waals surface area contributed by atoms with Crippen LogP contribution in [0.15, 0.2) is 48.7 Å². The van der Waals surface area contributed by atoms with Crippen LogP contribution < -0.4 is 4.90 Å². The van der Waals surface area contributed by atoms with Gasteiger partial charge in [0.1, 0.15) is 0 Å². The van der Waals surface area contributed by atoms with Crippen LogP contribution in [0.3, 0.4) is 0 Å². The van der Waals surface area contributed by atoms with Gasteiger partial charge in [-0.3, -0.25) is 4.98 Å². The number of nitrogens with zero attached hydrogens (tertiary/aromatic N) is 3. The molecule has 18 heavy (non-hydrogen) atoms. The van der Waals surface area contributed by atoms with Gasteiger partial charge in [0.25, 0.3) is 0 Å². The fourth-order valence-electron chi connectivity index (χ4n) is 1.82. The average Bonchev–Trinajstić information content (AvgIpc) is 2.46. The van der Waals surface area contributed by atoms with E-state index in [-0.39, 0.29) is 0 Å². The lowest BCUT2D eigenvalue weighted by Crippen LogP contribution is -2.22. The van der Waals surface area contributed by atoms with Gasteiger partial charge in [-0.2, -0.15) is 5.26 Å². The molecule has 0 bridgehead atoms. The smallest absolute Gasteiger partial charge is 0.0991 e. The zero-order valence-electron chi connectivity index (χ0n) is 10.4. The normalized spacial score (nSPS) is 9.78. The fraction of sp³-hybridized carbons (Fsp3) is 0.200. The van der Waals surface area contributed by atoms with Gasteiger partial charge in [-0.15, -0.1) is 0 Å². The van der Waals surface area contributed by atoms with Gasteiger partial charge in [-0.05, 0) is 43.3 Å². The molecule has 3 nitrogen and oxygen atoms in total. The number of rotatable bonds is 4. The molecule has 0 amide bonds. The van der Waals surface area contributed by atoms with E-state index in [0.717, 1.165) is 24.5 Å². The summed E-state index contributed by atoms with van der Waals surface area (Å²) in [4.78, 5) is 6.56. The molecule has 2 rings (SSSR count). The van der Waals surface area contributed by atoms with E-state index in [4.69, 9.17) is 5.26 Å². The number of nitriles is 1. The van der Waals surface area contributed by atoms with E-state index in [9.17, 15) is 0 Å². The molecular weight excluding hydrogens is 222 g/mol. The number of hydrogen-bond acceptors (Lipinski definition) is 3. The van der Waals surface area contributed by atoms with Crippen LogP contribution in [0.2, 0.25) is 0 Å². The molecule has 0 saturated carbocycles. The first-order valence-electron chi connectivity index (χ1n) is 5.98. The first-order chi connectivity index (χ1) is 8.83. The van der Waals surface area contributed by atoms with E-state index < -0.39 is 0 Å². The summed E-state index contributed by atoms with van der Waals surface area (Å²) in [5, 5.41) is 8.79. The SMILES string of the molecule is CCN(Cc1ccccn1)c1ccc(C#N)cc1. The van der Waals surface area contributed by atoms with Crippen LogP contribution in [0.4, 0.5) is 5.69 Å². The highest BCUT2D eigenvalue weighted by molar-refractivity contribution is 5.49. The Morgan fingerprint density at radius 2 is 1.94 bits per heavy atom. The molecular formula is C15H15N3. The van der Waals surface area contributed by atoms with Crippen molar-refractivity contribution in [2.75, 3.05) is 11.4 Å². The second-order valence-electron chi connectivity index (χ2n) is 3.99. The summed E-state index contributed by atoms with van der Waals surface area (Å²) in [7, 11) is 0. The minimum atomic E-state index is 0.688. The van der Waals surface area contributed by atoms with Gasteiger partial charge < -0.3 is 4.90 Å². The highest BCUT2D eigenvalue weighted by atomic mass is 15.1. The molecule has 0 fully saturated rings. The summed E-state index contributed by atoms with van der Waals surface area (Å²) in [6.07, 6.45) is 1.81. The van der Waals surface area contributed by atoms with Gasteiger partial charge in [0.05, 0.1) is 23.9 Å². The van der Waals surface area contributed by atoms with E-state index in [0.29, 0.717) is 5.56 Å². The molecule has 90 valence electrons. The van der Waals surface area contributed by atoms with Crippen LogP contribution in [0.5, 0.6) is 0 Å². The summed E-state index contributed by atoms with van der Waals surface area (Å²) in [5.74, 6) is 0. The van der Waals surface area contributed by atoms with E-state index in [2.05, 4.69) is 22.9 Å².